The predicted molar refractivity (Wildman–Crippen MR) is 42.4 cm³/mol. The molecule has 3 heteroatoms. The SMILES string of the molecule is CCOC(=O)N1CC(C)(C)C1. The van der Waals surface area contributed by atoms with Crippen LogP contribution in [0.15, 0.2) is 0 Å². The fourth-order valence-corrected chi connectivity index (χ4v) is 1.33. The van der Waals surface area contributed by atoms with Gasteiger partial charge in [0.2, 0.25) is 0 Å². The van der Waals surface area contributed by atoms with Gasteiger partial charge in [0.15, 0.2) is 0 Å². The Bertz CT molecular complexity index is 157. The number of rotatable bonds is 1. The van der Waals surface area contributed by atoms with E-state index in [4.69, 9.17) is 4.74 Å². The van der Waals surface area contributed by atoms with E-state index in [-0.39, 0.29) is 6.09 Å². The highest BCUT2D eigenvalue weighted by atomic mass is 16.6. The minimum absolute atomic E-state index is 0.174. The molecule has 64 valence electrons. The molecule has 11 heavy (non-hydrogen) atoms. The quantitative estimate of drug-likeness (QED) is 0.577. The van der Waals surface area contributed by atoms with Crippen LogP contribution in [-0.2, 0) is 4.74 Å². The molecule has 0 atom stereocenters. The molecule has 1 saturated heterocycles. The van der Waals surface area contributed by atoms with Crippen molar-refractivity contribution >= 4 is 6.09 Å². The zero-order chi connectivity index (χ0) is 8.48. The summed E-state index contributed by atoms with van der Waals surface area (Å²) < 4.78 is 4.83. The Morgan fingerprint density at radius 2 is 2.09 bits per heavy atom. The maximum atomic E-state index is 11.0. The third-order valence-corrected chi connectivity index (χ3v) is 1.76. The molecular weight excluding hydrogens is 142 g/mol. The Labute approximate surface area is 67.3 Å². The van der Waals surface area contributed by atoms with Crippen molar-refractivity contribution in [1.29, 1.82) is 0 Å². The van der Waals surface area contributed by atoms with Crippen LogP contribution in [0.5, 0.6) is 0 Å². The standard InChI is InChI=1S/C8H15NO2/c1-4-11-7(10)9-5-8(2,3)6-9/h4-6H2,1-3H3. The van der Waals surface area contributed by atoms with Gasteiger partial charge in [0.05, 0.1) is 6.61 Å². The minimum atomic E-state index is -0.174. The first-order valence-corrected chi connectivity index (χ1v) is 3.97. The van der Waals surface area contributed by atoms with E-state index < -0.39 is 0 Å². The number of hydrogen-bond donors (Lipinski definition) is 0. The number of carbonyl (C=O) groups is 1. The van der Waals surface area contributed by atoms with Gasteiger partial charge in [0.1, 0.15) is 0 Å². The highest BCUT2D eigenvalue weighted by molar-refractivity contribution is 5.68. The van der Waals surface area contributed by atoms with Gasteiger partial charge in [-0.05, 0) is 6.92 Å². The van der Waals surface area contributed by atoms with E-state index in [1.807, 2.05) is 6.92 Å². The van der Waals surface area contributed by atoms with E-state index >= 15 is 0 Å². The van der Waals surface area contributed by atoms with Gasteiger partial charge in [0, 0.05) is 18.5 Å². The fraction of sp³-hybridized carbons (Fsp3) is 0.875. The molecule has 1 aliphatic heterocycles. The molecule has 0 aliphatic carbocycles. The molecule has 0 aromatic heterocycles. The van der Waals surface area contributed by atoms with E-state index in [1.165, 1.54) is 0 Å². The van der Waals surface area contributed by atoms with E-state index in [0.29, 0.717) is 12.0 Å². The summed E-state index contributed by atoms with van der Waals surface area (Å²) in [5.74, 6) is 0. The maximum absolute atomic E-state index is 11.0. The molecule has 1 rings (SSSR count). The summed E-state index contributed by atoms with van der Waals surface area (Å²) in [7, 11) is 0. The van der Waals surface area contributed by atoms with Gasteiger partial charge in [0.25, 0.3) is 0 Å². The predicted octanol–water partition coefficient (Wildman–Crippen LogP) is 1.48. The molecule has 1 fully saturated rings. The average Bonchev–Trinajstić information content (AvgIpc) is 1.83. The van der Waals surface area contributed by atoms with Crippen LogP contribution >= 0.6 is 0 Å². The summed E-state index contributed by atoms with van der Waals surface area (Å²) in [4.78, 5) is 12.7. The van der Waals surface area contributed by atoms with Crippen LogP contribution in [0.2, 0.25) is 0 Å². The summed E-state index contributed by atoms with van der Waals surface area (Å²) in [6.07, 6.45) is -0.174. The van der Waals surface area contributed by atoms with Crippen molar-refractivity contribution in [1.82, 2.24) is 4.90 Å². The Kier molecular flexibility index (Phi) is 2.07. The van der Waals surface area contributed by atoms with Gasteiger partial charge in [-0.15, -0.1) is 0 Å². The molecule has 1 amide bonds. The Morgan fingerprint density at radius 1 is 1.55 bits per heavy atom. The van der Waals surface area contributed by atoms with Crippen LogP contribution in [0.3, 0.4) is 0 Å². The van der Waals surface area contributed by atoms with E-state index in [9.17, 15) is 4.79 Å². The number of likely N-dealkylation sites (tertiary alicyclic amines) is 1. The lowest BCUT2D eigenvalue weighted by Gasteiger charge is -2.44. The number of carbonyl (C=O) groups excluding carboxylic acids is 1. The van der Waals surface area contributed by atoms with Crippen LogP contribution in [0.1, 0.15) is 20.8 Å². The first kappa shape index (κ1) is 8.37. The summed E-state index contributed by atoms with van der Waals surface area (Å²) in [5, 5.41) is 0. The van der Waals surface area contributed by atoms with Crippen molar-refractivity contribution in [3.8, 4) is 0 Å². The minimum Gasteiger partial charge on any atom is -0.450 e. The van der Waals surface area contributed by atoms with Gasteiger partial charge >= 0.3 is 6.09 Å². The molecule has 0 aromatic carbocycles. The van der Waals surface area contributed by atoms with Crippen molar-refractivity contribution in [3.05, 3.63) is 0 Å². The number of amides is 1. The summed E-state index contributed by atoms with van der Waals surface area (Å²) in [5.41, 5.74) is 0.298. The Morgan fingerprint density at radius 3 is 2.45 bits per heavy atom. The van der Waals surface area contributed by atoms with Crippen LogP contribution < -0.4 is 0 Å². The molecule has 0 N–H and O–H groups in total. The molecule has 0 unspecified atom stereocenters. The first-order valence-electron chi connectivity index (χ1n) is 3.97. The summed E-state index contributed by atoms with van der Waals surface area (Å²) in [6, 6.07) is 0. The van der Waals surface area contributed by atoms with Crippen LogP contribution in [-0.4, -0.2) is 30.7 Å². The Balaban J connectivity index is 2.27. The molecule has 1 heterocycles. The van der Waals surface area contributed by atoms with Crippen LogP contribution in [0.4, 0.5) is 4.79 Å². The lowest BCUT2D eigenvalue weighted by molar-refractivity contribution is 0.0190. The monoisotopic (exact) mass is 157 g/mol. The Hall–Kier alpha value is -0.730. The average molecular weight is 157 g/mol. The molecule has 0 spiro atoms. The van der Waals surface area contributed by atoms with Gasteiger partial charge in [-0.2, -0.15) is 0 Å². The normalized spacial score (nSPS) is 20.8. The van der Waals surface area contributed by atoms with Crippen molar-refractivity contribution < 1.29 is 9.53 Å². The largest absolute Gasteiger partial charge is 0.450 e. The molecule has 3 nitrogen and oxygen atoms in total. The summed E-state index contributed by atoms with van der Waals surface area (Å²) >= 11 is 0. The number of ether oxygens (including phenoxy) is 1. The highest BCUT2D eigenvalue weighted by Crippen LogP contribution is 2.28. The number of nitrogens with zero attached hydrogens (tertiary/aromatic N) is 1. The van der Waals surface area contributed by atoms with Crippen molar-refractivity contribution in [2.45, 2.75) is 20.8 Å². The second-order valence-electron chi connectivity index (χ2n) is 3.72. The smallest absolute Gasteiger partial charge is 0.409 e. The lowest BCUT2D eigenvalue weighted by atomic mass is 9.85. The first-order chi connectivity index (χ1) is 5.05. The van der Waals surface area contributed by atoms with Gasteiger partial charge in [-0.1, -0.05) is 13.8 Å². The van der Waals surface area contributed by atoms with Gasteiger partial charge < -0.3 is 9.64 Å². The third-order valence-electron chi connectivity index (χ3n) is 1.76. The lowest BCUT2D eigenvalue weighted by Crippen LogP contribution is -2.55. The second kappa shape index (κ2) is 2.72. The van der Waals surface area contributed by atoms with Crippen LogP contribution in [0, 0.1) is 5.41 Å². The molecule has 0 radical (unpaired) electrons. The molecular formula is C8H15NO2. The zero-order valence-corrected chi connectivity index (χ0v) is 7.39. The third kappa shape index (κ3) is 1.85. The van der Waals surface area contributed by atoms with Gasteiger partial charge in [-0.3, -0.25) is 0 Å². The van der Waals surface area contributed by atoms with Crippen molar-refractivity contribution in [2.24, 2.45) is 5.41 Å². The number of hydrogen-bond acceptors (Lipinski definition) is 2. The van der Waals surface area contributed by atoms with Crippen molar-refractivity contribution in [2.75, 3.05) is 19.7 Å². The van der Waals surface area contributed by atoms with Crippen LogP contribution in [0.25, 0.3) is 0 Å². The van der Waals surface area contributed by atoms with E-state index in [1.54, 1.807) is 4.90 Å². The fourth-order valence-electron chi connectivity index (χ4n) is 1.33. The van der Waals surface area contributed by atoms with E-state index in [2.05, 4.69) is 13.8 Å². The highest BCUT2D eigenvalue weighted by Gasteiger charge is 2.37. The van der Waals surface area contributed by atoms with Gasteiger partial charge in [-0.25, -0.2) is 4.79 Å². The molecule has 0 bridgehead atoms. The summed E-state index contributed by atoms with van der Waals surface area (Å²) in [6.45, 7) is 8.22. The van der Waals surface area contributed by atoms with E-state index in [0.717, 1.165) is 13.1 Å². The zero-order valence-electron chi connectivity index (χ0n) is 7.39. The molecule has 0 saturated carbocycles. The molecule has 0 aromatic rings. The topological polar surface area (TPSA) is 29.5 Å². The maximum Gasteiger partial charge on any atom is 0.409 e. The van der Waals surface area contributed by atoms with Crippen molar-refractivity contribution in [3.63, 3.8) is 0 Å². The second-order valence-corrected chi connectivity index (χ2v) is 3.72. The molecule has 1 aliphatic rings.